The van der Waals surface area contributed by atoms with Gasteiger partial charge in [0.05, 0.1) is 27.2 Å². The van der Waals surface area contributed by atoms with Gasteiger partial charge in [-0.3, -0.25) is 9.48 Å². The fourth-order valence-corrected chi connectivity index (χ4v) is 1.35. The third-order valence-electron chi connectivity index (χ3n) is 1.74. The number of nitrogens with zero attached hydrogens (tertiary/aromatic N) is 2. The van der Waals surface area contributed by atoms with Gasteiger partial charge in [0, 0.05) is 11.6 Å². The van der Waals surface area contributed by atoms with Gasteiger partial charge in [-0.2, -0.15) is 0 Å². The van der Waals surface area contributed by atoms with Crippen LogP contribution < -0.4 is 0 Å². The van der Waals surface area contributed by atoms with Crippen LogP contribution in [0.3, 0.4) is 0 Å². The predicted molar refractivity (Wildman–Crippen MR) is 57.3 cm³/mol. The molecule has 0 saturated carbocycles. The molecule has 0 aliphatic carbocycles. The van der Waals surface area contributed by atoms with Crippen LogP contribution in [0, 0.1) is 0 Å². The van der Waals surface area contributed by atoms with Crippen LogP contribution in [0.4, 0.5) is 25.2 Å². The van der Waals surface area contributed by atoms with Crippen LogP contribution in [-0.4, -0.2) is 42.0 Å². The first-order valence-corrected chi connectivity index (χ1v) is 7.08. The van der Waals surface area contributed by atoms with E-state index in [1.807, 2.05) is 18.7 Å². The summed E-state index contributed by atoms with van der Waals surface area (Å²) in [6.07, 6.45) is 2.56. The van der Waals surface area contributed by atoms with E-state index in [0.717, 1.165) is 18.4 Å². The van der Waals surface area contributed by atoms with Crippen molar-refractivity contribution >= 4 is 24.7 Å². The first-order chi connectivity index (χ1) is 7.16. The molecular weight excluding hydrogens is 293 g/mol. The molecule has 1 saturated heterocycles. The van der Waals surface area contributed by atoms with Crippen molar-refractivity contribution in [3.8, 4) is 0 Å². The molecule has 1 rings (SSSR count). The Morgan fingerprint density at radius 1 is 1.00 bits per heavy atom. The molecule has 10 heteroatoms. The van der Waals surface area contributed by atoms with Crippen molar-refractivity contribution in [1.82, 2.24) is 4.90 Å². The van der Waals surface area contributed by atoms with Gasteiger partial charge in [0.15, 0.2) is 0 Å². The summed E-state index contributed by atoms with van der Waals surface area (Å²) in [6.45, 7) is 2.24. The second-order valence-electron chi connectivity index (χ2n) is 3.82. The molecule has 0 atom stereocenters. The quantitative estimate of drug-likeness (QED) is 0.161. The zero-order valence-electron chi connectivity index (χ0n) is 9.32. The van der Waals surface area contributed by atoms with Gasteiger partial charge in [-0.15, -0.1) is 0 Å². The monoisotopic (exact) mass is 306 g/mol. The third kappa shape index (κ3) is 13.7. The van der Waals surface area contributed by atoms with E-state index < -0.39 is 7.81 Å². The van der Waals surface area contributed by atoms with E-state index in [4.69, 9.17) is 11.6 Å². The van der Waals surface area contributed by atoms with Gasteiger partial charge in [-0.1, -0.05) is 0 Å². The molecule has 106 valence electrons. The van der Waals surface area contributed by atoms with Crippen molar-refractivity contribution in [3.63, 3.8) is 0 Å². The number of hydrogen-bond donors (Lipinski definition) is 0. The summed E-state index contributed by atoms with van der Waals surface area (Å²) in [6, 6.07) is 0. The second-order valence-corrected chi connectivity index (χ2v) is 6.07. The SMILES string of the molecule is C[N+](C)=C(Cl)N1CCCC1.F[P-](F)(F)(F)(F)F. The third-order valence-corrected chi connectivity index (χ3v) is 2.31. The summed E-state index contributed by atoms with van der Waals surface area (Å²) >= 11 is 5.99. The van der Waals surface area contributed by atoms with Crippen LogP contribution in [-0.2, 0) is 0 Å². The van der Waals surface area contributed by atoms with Crippen molar-refractivity contribution in [2.24, 2.45) is 0 Å². The summed E-state index contributed by atoms with van der Waals surface area (Å²) in [5.41, 5.74) is 0. The van der Waals surface area contributed by atoms with Crippen LogP contribution in [0.2, 0.25) is 0 Å². The van der Waals surface area contributed by atoms with E-state index in [1.165, 1.54) is 12.8 Å². The van der Waals surface area contributed by atoms with Gasteiger partial charge >= 0.3 is 38.3 Å². The second kappa shape index (κ2) is 4.46. The minimum absolute atomic E-state index is 0.873. The van der Waals surface area contributed by atoms with E-state index in [9.17, 15) is 25.2 Å². The number of likely N-dealkylation sites (tertiary alicyclic amines) is 1. The molecule has 1 aliphatic rings. The van der Waals surface area contributed by atoms with Gasteiger partial charge in [-0.25, -0.2) is 0 Å². The van der Waals surface area contributed by atoms with Gasteiger partial charge < -0.3 is 0 Å². The molecule has 0 bridgehead atoms. The Labute approximate surface area is 100 Å². The molecular formula is C7H14ClF6N2P. The standard InChI is InChI=1S/C7H14ClN2.F6P/c1-9(2)7(8)10-5-3-4-6-10;1-7(2,3,4,5)6/h3-6H2,1-2H3;/q+1;-1. The van der Waals surface area contributed by atoms with Crippen LogP contribution in [0.15, 0.2) is 0 Å². The van der Waals surface area contributed by atoms with Crippen molar-refractivity contribution in [3.05, 3.63) is 0 Å². The molecule has 0 amide bonds. The van der Waals surface area contributed by atoms with Crippen LogP contribution >= 0.6 is 19.4 Å². The first kappa shape index (κ1) is 16.8. The molecule has 0 aromatic rings. The molecule has 0 aromatic heterocycles. The van der Waals surface area contributed by atoms with Crippen molar-refractivity contribution in [2.45, 2.75) is 12.8 Å². The normalized spacial score (nSPS) is 19.9. The summed E-state index contributed by atoms with van der Waals surface area (Å²) in [5.74, 6) is 0. The molecule has 1 aliphatic heterocycles. The number of amidine groups is 1. The van der Waals surface area contributed by atoms with E-state index in [-0.39, 0.29) is 0 Å². The summed E-state index contributed by atoms with van der Waals surface area (Å²) < 4.78 is 61.1. The number of rotatable bonds is 0. The fraction of sp³-hybridized carbons (Fsp3) is 0.857. The van der Waals surface area contributed by atoms with E-state index in [2.05, 4.69) is 4.90 Å². The molecule has 0 unspecified atom stereocenters. The van der Waals surface area contributed by atoms with Gasteiger partial charge in [0.25, 0.3) is 0 Å². The first-order valence-electron chi connectivity index (χ1n) is 4.68. The summed E-state index contributed by atoms with van der Waals surface area (Å²) in [4.78, 5) is 2.21. The van der Waals surface area contributed by atoms with Crippen LogP contribution in [0.5, 0.6) is 0 Å². The van der Waals surface area contributed by atoms with Gasteiger partial charge in [0.1, 0.15) is 0 Å². The molecule has 0 spiro atoms. The predicted octanol–water partition coefficient (Wildman–Crippen LogP) is 4.33. The summed E-state index contributed by atoms with van der Waals surface area (Å²) in [5, 5.41) is 0.873. The topological polar surface area (TPSA) is 6.25 Å². The minimum atomic E-state index is -10.7. The van der Waals surface area contributed by atoms with Gasteiger partial charge in [0.2, 0.25) is 0 Å². The molecule has 1 heterocycles. The van der Waals surface area contributed by atoms with E-state index in [0.29, 0.717) is 0 Å². The van der Waals surface area contributed by atoms with Crippen LogP contribution in [0.25, 0.3) is 0 Å². The number of hydrogen-bond acceptors (Lipinski definition) is 0. The zero-order chi connectivity index (χ0) is 14.0. The van der Waals surface area contributed by atoms with Crippen molar-refractivity contribution in [2.75, 3.05) is 27.2 Å². The molecule has 0 N–H and O–H groups in total. The summed E-state index contributed by atoms with van der Waals surface area (Å²) in [7, 11) is -6.71. The molecule has 1 fully saturated rings. The Kier molecular flexibility index (Phi) is 4.40. The maximum atomic E-state index is 9.87. The fourth-order valence-electron chi connectivity index (χ4n) is 1.18. The molecule has 0 aromatic carbocycles. The Bertz CT molecular complexity index is 289. The van der Waals surface area contributed by atoms with Crippen LogP contribution in [0.1, 0.15) is 12.8 Å². The maximum absolute atomic E-state index is 10.7. The Balaban J connectivity index is 0.000000325. The zero-order valence-corrected chi connectivity index (χ0v) is 11.0. The Morgan fingerprint density at radius 2 is 1.29 bits per heavy atom. The van der Waals surface area contributed by atoms with Gasteiger partial charge in [-0.05, 0) is 12.8 Å². The molecule has 0 radical (unpaired) electrons. The van der Waals surface area contributed by atoms with E-state index in [1.54, 1.807) is 0 Å². The molecule has 2 nitrogen and oxygen atoms in total. The van der Waals surface area contributed by atoms with E-state index >= 15 is 0 Å². The van der Waals surface area contributed by atoms with Crippen molar-refractivity contribution in [1.29, 1.82) is 0 Å². The average Bonchev–Trinajstić information content (AvgIpc) is 2.47. The molecule has 17 heavy (non-hydrogen) atoms. The Hall–Kier alpha value is -0.230. The Morgan fingerprint density at radius 3 is 1.53 bits per heavy atom. The van der Waals surface area contributed by atoms with Crippen molar-refractivity contribution < 1.29 is 29.8 Å². The number of halogens is 7. The average molecular weight is 307 g/mol.